The smallest absolute Gasteiger partial charge is 0.265 e. The molecule has 21 heavy (non-hydrogen) atoms. The highest BCUT2D eigenvalue weighted by molar-refractivity contribution is 6.76. The third-order valence-corrected chi connectivity index (χ3v) is 3.22. The van der Waals surface area contributed by atoms with Crippen LogP contribution < -0.4 is 0 Å². The molecule has 2 atom stereocenters. The van der Waals surface area contributed by atoms with E-state index >= 15 is 0 Å². The van der Waals surface area contributed by atoms with Crippen LogP contribution in [0.1, 0.15) is 33.1 Å². The van der Waals surface area contributed by atoms with E-state index in [9.17, 15) is 0 Å². The number of allylic oxidation sites excluding steroid dienone is 1. The van der Waals surface area contributed by atoms with Crippen molar-refractivity contribution in [3.63, 3.8) is 0 Å². The summed E-state index contributed by atoms with van der Waals surface area (Å²) in [5.74, 6) is -0.401. The summed E-state index contributed by atoms with van der Waals surface area (Å²) in [5, 5.41) is 7.68. The Morgan fingerprint density at radius 2 is 2.00 bits per heavy atom. The van der Waals surface area contributed by atoms with Gasteiger partial charge >= 0.3 is 0 Å². The molecule has 0 bridgehead atoms. The summed E-state index contributed by atoms with van der Waals surface area (Å²) in [4.78, 5) is 0. The number of methoxy groups -OCH3 is 1. The molecular weight excluding hydrogens is 337 g/mol. The third kappa shape index (κ3) is 10.4. The minimum atomic E-state index is -1.86. The van der Waals surface area contributed by atoms with E-state index in [0.29, 0.717) is 6.61 Å². The van der Waals surface area contributed by atoms with Gasteiger partial charge in [0.05, 0.1) is 6.61 Å². The Hall–Kier alpha value is -0.0000000000000000416. The van der Waals surface area contributed by atoms with Gasteiger partial charge in [-0.25, -0.2) is 0 Å². The molecule has 0 aliphatic heterocycles. The predicted octanol–water partition coefficient (Wildman–Crippen LogP) is 4.72. The van der Waals surface area contributed by atoms with Crippen LogP contribution in [0.15, 0.2) is 12.2 Å². The van der Waals surface area contributed by atoms with Crippen LogP contribution in [0, 0.1) is 11.3 Å². The molecule has 0 amide bonds. The highest BCUT2D eigenvalue weighted by Crippen LogP contribution is 2.29. The number of rotatable bonds is 10. The van der Waals surface area contributed by atoms with Crippen LogP contribution in [-0.4, -0.2) is 36.3 Å². The molecule has 0 saturated carbocycles. The van der Waals surface area contributed by atoms with E-state index in [1.165, 1.54) is 0 Å². The van der Waals surface area contributed by atoms with E-state index in [1.54, 1.807) is 7.11 Å². The van der Waals surface area contributed by atoms with Crippen molar-refractivity contribution in [2.24, 2.45) is 5.92 Å². The maximum atomic E-state index is 7.68. The first kappa shape index (κ1) is 21.0. The van der Waals surface area contributed by atoms with Crippen LogP contribution in [0.4, 0.5) is 0 Å². The molecule has 0 aromatic rings. The van der Waals surface area contributed by atoms with Gasteiger partial charge in [-0.3, -0.25) is 5.41 Å². The number of nitrogens with one attached hydrogen (secondary N) is 1. The first-order chi connectivity index (χ1) is 9.82. The molecule has 0 heterocycles. The Morgan fingerprint density at radius 3 is 2.52 bits per heavy atom. The highest BCUT2D eigenvalue weighted by Gasteiger charge is 2.31. The molecule has 0 saturated heterocycles. The second-order valence-corrected chi connectivity index (χ2v) is 7.02. The van der Waals surface area contributed by atoms with Crippen molar-refractivity contribution in [2.75, 3.05) is 20.5 Å². The van der Waals surface area contributed by atoms with Gasteiger partial charge < -0.3 is 14.2 Å². The van der Waals surface area contributed by atoms with Crippen molar-refractivity contribution in [3.8, 4) is 0 Å². The standard InChI is InChI=1S/C14H24Cl3NO3/c1-4-5-6-7-8-12(11(2)9-20-10-19-3)21-13(18)14(15,16)17/h7-8,11-12,18H,4-6,9-10H2,1-3H3/b8-7-,18-13?/t11-,12+/m1/s1. The van der Waals surface area contributed by atoms with Gasteiger partial charge in [-0.2, -0.15) is 0 Å². The van der Waals surface area contributed by atoms with E-state index < -0.39 is 9.69 Å². The number of hydrogen-bond acceptors (Lipinski definition) is 4. The first-order valence-corrected chi connectivity index (χ1v) is 8.02. The predicted molar refractivity (Wildman–Crippen MR) is 88.5 cm³/mol. The normalized spacial score (nSPS) is 15.1. The molecule has 124 valence electrons. The molecule has 0 fully saturated rings. The van der Waals surface area contributed by atoms with Gasteiger partial charge in [-0.05, 0) is 12.5 Å². The Kier molecular flexibility index (Phi) is 11.6. The van der Waals surface area contributed by atoms with Crippen molar-refractivity contribution in [1.82, 2.24) is 0 Å². The van der Waals surface area contributed by atoms with Gasteiger partial charge in [0.1, 0.15) is 12.9 Å². The lowest BCUT2D eigenvalue weighted by atomic mass is 10.0. The van der Waals surface area contributed by atoms with E-state index in [-0.39, 0.29) is 18.8 Å². The summed E-state index contributed by atoms with van der Waals surface area (Å²) in [6.07, 6.45) is 6.69. The Balaban J connectivity index is 4.59. The molecule has 1 N–H and O–H groups in total. The average molecular weight is 361 g/mol. The number of halogens is 3. The molecule has 0 radical (unpaired) electrons. The van der Waals surface area contributed by atoms with Crippen LogP contribution in [0.5, 0.6) is 0 Å². The molecule has 4 nitrogen and oxygen atoms in total. The highest BCUT2D eigenvalue weighted by atomic mass is 35.6. The number of hydrogen-bond donors (Lipinski definition) is 1. The topological polar surface area (TPSA) is 51.5 Å². The van der Waals surface area contributed by atoms with Gasteiger partial charge in [0.15, 0.2) is 0 Å². The van der Waals surface area contributed by atoms with Crippen molar-refractivity contribution < 1.29 is 14.2 Å². The number of unbranched alkanes of at least 4 members (excludes halogenated alkanes) is 2. The molecule has 0 aromatic heterocycles. The molecule has 0 aliphatic carbocycles. The average Bonchev–Trinajstić information content (AvgIpc) is 2.41. The summed E-state index contributed by atoms with van der Waals surface area (Å²) in [6.45, 7) is 4.69. The summed E-state index contributed by atoms with van der Waals surface area (Å²) in [5.41, 5.74) is 0. The van der Waals surface area contributed by atoms with Crippen molar-refractivity contribution in [1.29, 1.82) is 5.41 Å². The Labute approximate surface area is 142 Å². The van der Waals surface area contributed by atoms with Gasteiger partial charge in [0.2, 0.25) is 5.90 Å². The molecule has 0 rings (SSSR count). The van der Waals surface area contributed by atoms with Crippen molar-refractivity contribution in [3.05, 3.63) is 12.2 Å². The van der Waals surface area contributed by atoms with Gasteiger partial charge in [0, 0.05) is 13.0 Å². The fraction of sp³-hybridized carbons (Fsp3) is 0.786. The molecular formula is C14H24Cl3NO3. The van der Waals surface area contributed by atoms with E-state index in [1.807, 2.05) is 19.1 Å². The third-order valence-electron chi connectivity index (χ3n) is 2.70. The van der Waals surface area contributed by atoms with Crippen molar-refractivity contribution in [2.45, 2.75) is 43.0 Å². The second-order valence-electron chi connectivity index (χ2n) is 4.73. The van der Waals surface area contributed by atoms with Gasteiger partial charge in [-0.15, -0.1) is 0 Å². The lowest BCUT2D eigenvalue weighted by Gasteiger charge is -2.24. The lowest BCUT2D eigenvalue weighted by molar-refractivity contribution is -0.0514. The largest absolute Gasteiger partial charge is 0.470 e. The zero-order valence-corrected chi connectivity index (χ0v) is 15.0. The van der Waals surface area contributed by atoms with Crippen molar-refractivity contribution >= 4 is 40.7 Å². The van der Waals surface area contributed by atoms with E-state index in [0.717, 1.165) is 19.3 Å². The minimum Gasteiger partial charge on any atom is -0.470 e. The van der Waals surface area contributed by atoms with Crippen LogP contribution in [0.2, 0.25) is 0 Å². The minimum absolute atomic E-state index is 0.00859. The fourth-order valence-corrected chi connectivity index (χ4v) is 1.65. The summed E-state index contributed by atoms with van der Waals surface area (Å²) in [7, 11) is 1.56. The van der Waals surface area contributed by atoms with E-state index in [4.69, 9.17) is 54.4 Å². The molecule has 0 aliphatic rings. The molecule has 0 aromatic carbocycles. The maximum absolute atomic E-state index is 7.68. The number of ether oxygens (including phenoxy) is 3. The van der Waals surface area contributed by atoms with Gasteiger partial charge in [0.25, 0.3) is 3.79 Å². The quantitative estimate of drug-likeness (QED) is 0.153. The Bertz CT molecular complexity index is 319. The molecule has 7 heteroatoms. The SMILES string of the molecule is CCCC/C=C\[C@H](OC(=N)C(Cl)(Cl)Cl)[C@H](C)COCOC. The first-order valence-electron chi connectivity index (χ1n) is 6.88. The second kappa shape index (κ2) is 11.6. The number of alkyl halides is 3. The lowest BCUT2D eigenvalue weighted by Crippen LogP contribution is -2.31. The van der Waals surface area contributed by atoms with Gasteiger partial charge in [-0.1, -0.05) is 67.6 Å². The monoisotopic (exact) mass is 359 g/mol. The van der Waals surface area contributed by atoms with Crippen LogP contribution in [0.3, 0.4) is 0 Å². The molecule has 0 unspecified atom stereocenters. The zero-order valence-electron chi connectivity index (χ0n) is 12.7. The van der Waals surface area contributed by atoms with Crippen LogP contribution in [0.25, 0.3) is 0 Å². The zero-order chi connectivity index (χ0) is 16.3. The van der Waals surface area contributed by atoms with Crippen LogP contribution >= 0.6 is 34.8 Å². The summed E-state index contributed by atoms with van der Waals surface area (Å²) >= 11 is 16.9. The fourth-order valence-electron chi connectivity index (χ4n) is 1.51. The molecule has 0 spiro atoms. The maximum Gasteiger partial charge on any atom is 0.265 e. The summed E-state index contributed by atoms with van der Waals surface area (Å²) in [6, 6.07) is 0. The Morgan fingerprint density at radius 1 is 1.33 bits per heavy atom. The van der Waals surface area contributed by atoms with E-state index in [2.05, 4.69) is 6.92 Å². The van der Waals surface area contributed by atoms with Crippen LogP contribution in [-0.2, 0) is 14.2 Å². The summed E-state index contributed by atoms with van der Waals surface area (Å²) < 4.78 is 13.8.